The maximum atomic E-state index is 13.0. The van der Waals surface area contributed by atoms with E-state index >= 15 is 0 Å². The van der Waals surface area contributed by atoms with Crippen molar-refractivity contribution in [2.24, 2.45) is 0 Å². The summed E-state index contributed by atoms with van der Waals surface area (Å²) >= 11 is 0. The van der Waals surface area contributed by atoms with E-state index in [1.165, 1.54) is 6.20 Å². The van der Waals surface area contributed by atoms with Crippen LogP contribution in [0.4, 0.5) is 0 Å². The molecular weight excluding hydrogens is 420 g/mol. The molecule has 1 aliphatic carbocycles. The average Bonchev–Trinajstić information content (AvgIpc) is 3.05. The first-order valence-corrected chi connectivity index (χ1v) is 9.82. The fourth-order valence-electron chi connectivity index (χ4n) is 4.63. The number of nitrogens with zero attached hydrogens (tertiary/aromatic N) is 4. The molecule has 1 aliphatic heterocycles. The Bertz CT molecular complexity index is 1310. The topological polar surface area (TPSA) is 85.4 Å². The maximum Gasteiger partial charge on any atom is 0.244 e. The number of carbonyl (C=O) groups excluding carboxylic acids is 2. The molecule has 160 valence electrons. The molecule has 5 rings (SSSR count). The SMILES string of the molecule is CN(C)CC[N+]1([N+](=O)[O-])C=C2C(=O)CC(=O)c3c2n(c2ccc4ccccc4c32)C1.Cl. The molecule has 0 N–H and O–H groups in total. The number of hydrogen-bond acceptors (Lipinski definition) is 5. The van der Waals surface area contributed by atoms with Crippen LogP contribution in [0.3, 0.4) is 0 Å². The number of carbonyl (C=O) groups is 2. The third-order valence-electron chi connectivity index (χ3n) is 6.13. The van der Waals surface area contributed by atoms with Gasteiger partial charge >= 0.3 is 0 Å². The van der Waals surface area contributed by atoms with Gasteiger partial charge in [-0.05, 0) is 35.5 Å². The van der Waals surface area contributed by atoms with Gasteiger partial charge in [0.25, 0.3) is 0 Å². The highest BCUT2D eigenvalue weighted by Crippen LogP contribution is 2.43. The zero-order chi connectivity index (χ0) is 21.2. The smallest absolute Gasteiger partial charge is 0.244 e. The fourth-order valence-corrected chi connectivity index (χ4v) is 4.63. The summed E-state index contributed by atoms with van der Waals surface area (Å²) in [4.78, 5) is 39.9. The minimum atomic E-state index is -0.573. The van der Waals surface area contributed by atoms with E-state index in [1.807, 2.05) is 55.4 Å². The molecule has 1 aromatic heterocycles. The van der Waals surface area contributed by atoms with Crippen molar-refractivity contribution in [3.05, 3.63) is 64.0 Å². The number of ketones is 2. The van der Waals surface area contributed by atoms with Crippen LogP contribution in [0.5, 0.6) is 0 Å². The summed E-state index contributed by atoms with van der Waals surface area (Å²) in [6.45, 7) is 0.740. The summed E-state index contributed by atoms with van der Waals surface area (Å²) in [6, 6.07) is 11.6. The molecule has 0 bridgehead atoms. The number of benzene rings is 2. The molecule has 0 radical (unpaired) electrons. The Morgan fingerprint density at radius 3 is 2.58 bits per heavy atom. The molecule has 2 heterocycles. The number of Topliss-reactive ketones (excluding diaryl/α,β-unsaturated/α-hetero) is 2. The van der Waals surface area contributed by atoms with Crippen molar-refractivity contribution in [1.82, 2.24) is 9.47 Å². The van der Waals surface area contributed by atoms with E-state index in [-0.39, 0.29) is 54.2 Å². The van der Waals surface area contributed by atoms with Gasteiger partial charge in [-0.15, -0.1) is 12.4 Å². The van der Waals surface area contributed by atoms with E-state index < -0.39 is 4.59 Å². The third-order valence-corrected chi connectivity index (χ3v) is 6.13. The van der Waals surface area contributed by atoms with Crippen LogP contribution in [-0.4, -0.2) is 57.8 Å². The number of fused-ring (bicyclic) bond motifs is 5. The Morgan fingerprint density at radius 2 is 1.87 bits per heavy atom. The van der Waals surface area contributed by atoms with Gasteiger partial charge in [0.1, 0.15) is 5.57 Å². The monoisotopic (exact) mass is 441 g/mol. The Hall–Kier alpha value is -3.07. The second-order valence-electron chi connectivity index (χ2n) is 8.29. The van der Waals surface area contributed by atoms with Crippen molar-refractivity contribution in [1.29, 1.82) is 0 Å². The molecule has 2 aromatic carbocycles. The molecule has 0 spiro atoms. The Labute approximate surface area is 184 Å². The first-order valence-electron chi connectivity index (χ1n) is 9.82. The molecule has 9 heteroatoms. The fraction of sp³-hybridized carbons (Fsp3) is 0.273. The van der Waals surface area contributed by atoms with E-state index in [0.29, 0.717) is 17.8 Å². The quantitative estimate of drug-likeness (QED) is 0.268. The van der Waals surface area contributed by atoms with Gasteiger partial charge in [-0.2, -0.15) is 0 Å². The average molecular weight is 442 g/mol. The molecule has 1 unspecified atom stereocenters. The van der Waals surface area contributed by atoms with Gasteiger partial charge in [0.2, 0.25) is 11.7 Å². The Morgan fingerprint density at radius 1 is 1.13 bits per heavy atom. The molecule has 3 aromatic rings. The normalized spacial score (nSPS) is 20.0. The van der Waals surface area contributed by atoms with Crippen LogP contribution in [-0.2, 0) is 11.5 Å². The van der Waals surface area contributed by atoms with E-state index in [0.717, 1.165) is 21.7 Å². The van der Waals surface area contributed by atoms with Gasteiger partial charge in [-0.25, -0.2) is 10.1 Å². The summed E-state index contributed by atoms with van der Waals surface area (Å²) in [7, 11) is 3.72. The summed E-state index contributed by atoms with van der Waals surface area (Å²) < 4.78 is 1.23. The van der Waals surface area contributed by atoms with Crippen LogP contribution in [0.1, 0.15) is 22.5 Å². The zero-order valence-electron chi connectivity index (χ0n) is 17.2. The van der Waals surface area contributed by atoms with Crippen LogP contribution < -0.4 is 0 Å². The molecule has 1 atom stereocenters. The molecule has 0 saturated heterocycles. The van der Waals surface area contributed by atoms with Gasteiger partial charge in [-0.3, -0.25) is 14.2 Å². The number of allylic oxidation sites excluding steroid dienone is 1. The van der Waals surface area contributed by atoms with Crippen molar-refractivity contribution in [2.75, 3.05) is 27.2 Å². The summed E-state index contributed by atoms with van der Waals surface area (Å²) in [5.74, 6) is -0.573. The van der Waals surface area contributed by atoms with E-state index in [9.17, 15) is 19.7 Å². The first-order chi connectivity index (χ1) is 14.3. The number of quaternary nitrogens is 1. The molecule has 2 aliphatic rings. The van der Waals surface area contributed by atoms with Gasteiger partial charge in [-0.1, -0.05) is 30.3 Å². The predicted octanol–water partition coefficient (Wildman–Crippen LogP) is 3.25. The zero-order valence-corrected chi connectivity index (χ0v) is 18.0. The second kappa shape index (κ2) is 7.26. The van der Waals surface area contributed by atoms with E-state index in [1.54, 1.807) is 4.57 Å². The number of aromatic nitrogens is 1. The summed E-state index contributed by atoms with van der Waals surface area (Å²) in [5, 5.41) is 14.6. The van der Waals surface area contributed by atoms with E-state index in [4.69, 9.17) is 0 Å². The lowest BCUT2D eigenvalue weighted by Crippen LogP contribution is -2.54. The number of halogens is 1. The highest BCUT2D eigenvalue weighted by atomic mass is 35.5. The third kappa shape index (κ3) is 2.98. The maximum absolute atomic E-state index is 13.0. The van der Waals surface area contributed by atoms with Crippen LogP contribution in [0, 0.1) is 10.1 Å². The molecule has 0 fully saturated rings. The molecule has 0 amide bonds. The molecule has 8 nitrogen and oxygen atoms in total. The molecular formula is C22H22ClN4O4+. The highest BCUT2D eigenvalue weighted by molar-refractivity contribution is 6.37. The van der Waals surface area contributed by atoms with Crippen LogP contribution >= 0.6 is 12.4 Å². The minimum absolute atomic E-state index is 0. The first kappa shape index (κ1) is 21.2. The molecule has 31 heavy (non-hydrogen) atoms. The number of rotatable bonds is 4. The lowest BCUT2D eigenvalue weighted by Gasteiger charge is -2.31. The van der Waals surface area contributed by atoms with Crippen LogP contribution in [0.25, 0.3) is 27.2 Å². The Kier molecular flexibility index (Phi) is 4.96. The van der Waals surface area contributed by atoms with Crippen molar-refractivity contribution >= 4 is 51.2 Å². The second-order valence-corrected chi connectivity index (χ2v) is 8.29. The largest absolute Gasteiger partial charge is 0.304 e. The lowest BCUT2D eigenvalue weighted by molar-refractivity contribution is -1.31. The number of nitro groups is 1. The van der Waals surface area contributed by atoms with Crippen molar-refractivity contribution in [2.45, 2.75) is 13.1 Å². The number of hydrogen-bond donors (Lipinski definition) is 0. The highest BCUT2D eigenvalue weighted by Gasteiger charge is 2.49. The Balaban J connectivity index is 0.00000231. The van der Waals surface area contributed by atoms with Crippen molar-refractivity contribution < 1.29 is 19.2 Å². The standard InChI is InChI=1S/C22H21N4O4.ClH/c1-23(2)9-10-26(25(29)30)12-16-18(27)11-19(28)21-20-15-6-4-3-5-14(15)7-8-17(20)24(13-26)22(16)21;/h3-8,12H,9-11,13H2,1-2H3;1H/q+1;. The van der Waals surface area contributed by atoms with Gasteiger partial charge in [0, 0.05) is 5.39 Å². The predicted molar refractivity (Wildman–Crippen MR) is 119 cm³/mol. The van der Waals surface area contributed by atoms with Gasteiger partial charge in [0.15, 0.2) is 24.3 Å². The lowest BCUT2D eigenvalue weighted by atomic mass is 9.88. The summed E-state index contributed by atoms with van der Waals surface area (Å²) in [5.41, 5.74) is 2.08. The number of likely N-dealkylation sites (N-methyl/N-ethyl adjacent to an activating group) is 1. The van der Waals surface area contributed by atoms with Crippen LogP contribution in [0.2, 0.25) is 0 Å². The van der Waals surface area contributed by atoms with Gasteiger partial charge < -0.3 is 4.90 Å². The van der Waals surface area contributed by atoms with Crippen molar-refractivity contribution in [3.63, 3.8) is 0 Å². The summed E-state index contributed by atoms with van der Waals surface area (Å²) in [6.07, 6.45) is 1.20. The van der Waals surface area contributed by atoms with Crippen molar-refractivity contribution in [3.8, 4) is 0 Å². The van der Waals surface area contributed by atoms with E-state index in [2.05, 4.69) is 0 Å². The molecule has 0 saturated carbocycles. The van der Waals surface area contributed by atoms with Crippen LogP contribution in [0.15, 0.2) is 42.6 Å². The van der Waals surface area contributed by atoms with Gasteiger partial charge in [0.05, 0.1) is 29.7 Å². The minimum Gasteiger partial charge on any atom is -0.304 e.